The molecule has 5 nitrogen and oxygen atoms in total. The molecule has 5 rings (SSSR count). The van der Waals surface area contributed by atoms with Gasteiger partial charge in [0.1, 0.15) is 6.54 Å². The summed E-state index contributed by atoms with van der Waals surface area (Å²) in [5.74, 6) is 3.37. The van der Waals surface area contributed by atoms with E-state index in [-0.39, 0.29) is 6.10 Å². The SMILES string of the molecule is COc1ccc2c(c1OC(C)C)C=[N+]1CCc3cc4c(cc3C1C2)OCO4. The Bertz CT molecular complexity index is 948. The average Bonchev–Trinajstić information content (AvgIpc) is 3.12. The molecule has 1 unspecified atom stereocenters. The number of methoxy groups -OCH3 is 1. The molecule has 0 radical (unpaired) electrons. The van der Waals surface area contributed by atoms with Crippen LogP contribution in [-0.2, 0) is 12.8 Å². The Morgan fingerprint density at radius 1 is 1.11 bits per heavy atom. The van der Waals surface area contributed by atoms with Crippen LogP contribution < -0.4 is 18.9 Å². The van der Waals surface area contributed by atoms with Gasteiger partial charge in [0.15, 0.2) is 35.3 Å². The summed E-state index contributed by atoms with van der Waals surface area (Å²) in [6, 6.07) is 8.82. The maximum atomic E-state index is 6.12. The fourth-order valence-corrected chi connectivity index (χ4v) is 4.32. The second-order valence-electron chi connectivity index (χ2n) is 7.58. The van der Waals surface area contributed by atoms with Gasteiger partial charge in [0.05, 0.1) is 18.8 Å². The summed E-state index contributed by atoms with van der Waals surface area (Å²) in [6.45, 7) is 5.39. The van der Waals surface area contributed by atoms with Crippen molar-refractivity contribution in [3.05, 3.63) is 46.5 Å². The molecule has 3 heterocycles. The Morgan fingerprint density at radius 3 is 2.70 bits per heavy atom. The van der Waals surface area contributed by atoms with Gasteiger partial charge >= 0.3 is 0 Å². The first-order valence-electron chi connectivity index (χ1n) is 9.53. The van der Waals surface area contributed by atoms with Gasteiger partial charge in [-0.15, -0.1) is 0 Å². The summed E-state index contributed by atoms with van der Waals surface area (Å²) in [5, 5.41) is 0. The minimum absolute atomic E-state index is 0.0957. The van der Waals surface area contributed by atoms with Gasteiger partial charge in [-0.25, -0.2) is 4.58 Å². The van der Waals surface area contributed by atoms with Crippen molar-refractivity contribution >= 4 is 6.21 Å². The summed E-state index contributed by atoms with van der Waals surface area (Å²) in [7, 11) is 1.69. The third-order valence-corrected chi connectivity index (χ3v) is 5.57. The highest BCUT2D eigenvalue weighted by Crippen LogP contribution is 2.43. The summed E-state index contributed by atoms with van der Waals surface area (Å²) in [6.07, 6.45) is 4.28. The van der Waals surface area contributed by atoms with E-state index in [0.29, 0.717) is 12.8 Å². The van der Waals surface area contributed by atoms with E-state index < -0.39 is 0 Å². The van der Waals surface area contributed by atoms with E-state index in [0.717, 1.165) is 47.9 Å². The van der Waals surface area contributed by atoms with Crippen LogP contribution in [-0.4, -0.2) is 37.3 Å². The van der Waals surface area contributed by atoms with Crippen molar-refractivity contribution in [2.75, 3.05) is 20.4 Å². The molecule has 2 aromatic rings. The van der Waals surface area contributed by atoms with Crippen LogP contribution in [0.5, 0.6) is 23.0 Å². The van der Waals surface area contributed by atoms with E-state index in [9.17, 15) is 0 Å². The predicted octanol–water partition coefficient (Wildman–Crippen LogP) is 3.50. The first kappa shape index (κ1) is 16.5. The fraction of sp³-hybridized carbons (Fsp3) is 0.409. The molecule has 3 aliphatic rings. The van der Waals surface area contributed by atoms with E-state index in [1.54, 1.807) is 7.11 Å². The lowest BCUT2D eigenvalue weighted by Gasteiger charge is -2.29. The summed E-state index contributed by atoms with van der Waals surface area (Å²) >= 11 is 0. The molecule has 140 valence electrons. The van der Waals surface area contributed by atoms with Gasteiger partial charge in [0.25, 0.3) is 0 Å². The maximum absolute atomic E-state index is 6.12. The van der Waals surface area contributed by atoms with Gasteiger partial charge in [-0.3, -0.25) is 0 Å². The summed E-state index contributed by atoms with van der Waals surface area (Å²) < 4.78 is 25.3. The zero-order valence-electron chi connectivity index (χ0n) is 16.0. The largest absolute Gasteiger partial charge is 0.493 e. The quantitative estimate of drug-likeness (QED) is 0.780. The number of hydrogen-bond acceptors (Lipinski definition) is 4. The maximum Gasteiger partial charge on any atom is 0.231 e. The third-order valence-electron chi connectivity index (χ3n) is 5.57. The molecule has 0 saturated carbocycles. The monoisotopic (exact) mass is 366 g/mol. The topological polar surface area (TPSA) is 39.9 Å². The van der Waals surface area contributed by atoms with E-state index in [2.05, 4.69) is 29.0 Å². The van der Waals surface area contributed by atoms with Crippen LogP contribution in [0, 0.1) is 0 Å². The summed E-state index contributed by atoms with van der Waals surface area (Å²) in [5.41, 5.74) is 5.14. The minimum atomic E-state index is 0.0957. The standard InChI is InChI=1S/C22H24NO4/c1-13(2)27-22-17-11-23-7-6-15-9-20-21(26-12-25-20)10-16(15)18(23)8-14(17)4-5-19(22)24-3/h4-5,9-11,13,18H,6-8,12H2,1-3H3/q+1. The molecule has 0 aliphatic carbocycles. The van der Waals surface area contributed by atoms with Gasteiger partial charge < -0.3 is 18.9 Å². The van der Waals surface area contributed by atoms with Crippen LogP contribution >= 0.6 is 0 Å². The Balaban J connectivity index is 1.60. The van der Waals surface area contributed by atoms with Crippen LogP contribution in [0.2, 0.25) is 0 Å². The Hall–Kier alpha value is -2.69. The number of fused-ring (bicyclic) bond motifs is 5. The zero-order valence-corrected chi connectivity index (χ0v) is 16.0. The highest BCUT2D eigenvalue weighted by Gasteiger charge is 2.37. The lowest BCUT2D eigenvalue weighted by Crippen LogP contribution is -2.33. The normalized spacial score (nSPS) is 19.1. The minimum Gasteiger partial charge on any atom is -0.493 e. The van der Waals surface area contributed by atoms with Crippen LogP contribution in [0.25, 0.3) is 0 Å². The third kappa shape index (κ3) is 2.64. The van der Waals surface area contributed by atoms with Gasteiger partial charge in [-0.2, -0.15) is 0 Å². The number of ether oxygens (including phenoxy) is 4. The Labute approximate surface area is 159 Å². The number of nitrogens with zero attached hydrogens (tertiary/aromatic N) is 1. The van der Waals surface area contributed by atoms with Crippen LogP contribution in [0.3, 0.4) is 0 Å². The van der Waals surface area contributed by atoms with Gasteiger partial charge in [0.2, 0.25) is 6.79 Å². The zero-order chi connectivity index (χ0) is 18.5. The number of hydrogen-bond donors (Lipinski definition) is 0. The van der Waals surface area contributed by atoms with Crippen molar-refractivity contribution in [2.45, 2.75) is 38.8 Å². The van der Waals surface area contributed by atoms with Crippen LogP contribution in [0.15, 0.2) is 24.3 Å². The smallest absolute Gasteiger partial charge is 0.231 e. The molecule has 0 bridgehead atoms. The van der Waals surface area contributed by atoms with Gasteiger partial charge in [0, 0.05) is 18.4 Å². The van der Waals surface area contributed by atoms with E-state index >= 15 is 0 Å². The molecule has 2 aromatic carbocycles. The average molecular weight is 366 g/mol. The van der Waals surface area contributed by atoms with E-state index in [1.165, 1.54) is 16.7 Å². The predicted molar refractivity (Wildman–Crippen MR) is 102 cm³/mol. The second-order valence-corrected chi connectivity index (χ2v) is 7.58. The first-order chi connectivity index (χ1) is 13.1. The molecule has 0 fully saturated rings. The highest BCUT2D eigenvalue weighted by molar-refractivity contribution is 5.85. The molecule has 1 atom stereocenters. The van der Waals surface area contributed by atoms with Crippen LogP contribution in [0.4, 0.5) is 0 Å². The molecule has 0 saturated heterocycles. The van der Waals surface area contributed by atoms with Crippen molar-refractivity contribution < 1.29 is 23.5 Å². The summed E-state index contributed by atoms with van der Waals surface area (Å²) in [4.78, 5) is 0. The second kappa shape index (κ2) is 6.19. The van der Waals surface area contributed by atoms with Crippen molar-refractivity contribution in [3.63, 3.8) is 0 Å². The highest BCUT2D eigenvalue weighted by atomic mass is 16.7. The Morgan fingerprint density at radius 2 is 1.93 bits per heavy atom. The molecule has 0 amide bonds. The van der Waals surface area contributed by atoms with Crippen molar-refractivity contribution in [3.8, 4) is 23.0 Å². The van der Waals surface area contributed by atoms with E-state index in [1.807, 2.05) is 19.9 Å². The lowest BCUT2D eigenvalue weighted by atomic mass is 9.85. The lowest BCUT2D eigenvalue weighted by molar-refractivity contribution is -0.573. The molecule has 3 aliphatic heterocycles. The molecular formula is C22H24NO4+. The molecular weight excluding hydrogens is 342 g/mol. The van der Waals surface area contributed by atoms with E-state index in [4.69, 9.17) is 18.9 Å². The molecule has 27 heavy (non-hydrogen) atoms. The van der Waals surface area contributed by atoms with Crippen molar-refractivity contribution in [1.29, 1.82) is 0 Å². The fourth-order valence-electron chi connectivity index (χ4n) is 4.32. The molecule has 5 heteroatoms. The Kier molecular flexibility index (Phi) is 3.78. The molecule has 0 aromatic heterocycles. The molecule has 0 spiro atoms. The van der Waals surface area contributed by atoms with Crippen molar-refractivity contribution in [2.24, 2.45) is 0 Å². The van der Waals surface area contributed by atoms with Gasteiger partial charge in [-0.1, -0.05) is 6.07 Å². The van der Waals surface area contributed by atoms with Gasteiger partial charge in [-0.05, 0) is 43.2 Å². The molecule has 0 N–H and O–H groups in total. The van der Waals surface area contributed by atoms with Crippen molar-refractivity contribution in [1.82, 2.24) is 0 Å². The number of benzene rings is 2. The van der Waals surface area contributed by atoms with Crippen LogP contribution in [0.1, 0.15) is 42.1 Å². The first-order valence-corrected chi connectivity index (χ1v) is 9.53. The number of rotatable bonds is 3.